The van der Waals surface area contributed by atoms with E-state index in [1.54, 1.807) is 0 Å². The number of halogens is 4. The van der Waals surface area contributed by atoms with Gasteiger partial charge in [-0.2, -0.15) is 0 Å². The van der Waals surface area contributed by atoms with E-state index in [9.17, 15) is 17.6 Å². The Labute approximate surface area is 119 Å². The second-order valence-electron chi connectivity index (χ2n) is 4.03. The standard InChI is InChI=1S/C14H7F4S2/c1-2-20-13-5-9(17)7(15)3-11(13)19-12-4-8(16)10(18)6-14(12)20/h2-6H,1H2/q+1. The highest BCUT2D eigenvalue weighted by atomic mass is 32.2. The van der Waals surface area contributed by atoms with Gasteiger partial charge in [-0.15, -0.1) is 0 Å². The molecular weight excluding hydrogens is 308 g/mol. The van der Waals surface area contributed by atoms with E-state index in [-0.39, 0.29) is 0 Å². The molecule has 0 aliphatic carbocycles. The van der Waals surface area contributed by atoms with Gasteiger partial charge in [-0.25, -0.2) is 17.6 Å². The normalized spacial score (nSPS) is 13.8. The molecule has 0 saturated carbocycles. The lowest BCUT2D eigenvalue weighted by atomic mass is 10.3. The van der Waals surface area contributed by atoms with Crippen molar-refractivity contribution in [2.75, 3.05) is 0 Å². The Morgan fingerprint density at radius 2 is 1.20 bits per heavy atom. The molecule has 102 valence electrons. The number of hydrogen-bond donors (Lipinski definition) is 0. The minimum absolute atomic E-state index is 0.491. The van der Waals surface area contributed by atoms with E-state index in [1.165, 1.54) is 5.41 Å². The average Bonchev–Trinajstić information content (AvgIpc) is 2.40. The van der Waals surface area contributed by atoms with Crippen LogP contribution in [0.25, 0.3) is 0 Å². The fourth-order valence-corrected chi connectivity index (χ4v) is 5.22. The summed E-state index contributed by atoms with van der Waals surface area (Å²) in [6, 6.07) is 4.32. The third-order valence-electron chi connectivity index (χ3n) is 2.83. The molecule has 1 aliphatic rings. The number of fused-ring (bicyclic) bond motifs is 2. The number of rotatable bonds is 1. The van der Waals surface area contributed by atoms with Crippen LogP contribution in [0.15, 0.2) is 55.8 Å². The fourth-order valence-electron chi connectivity index (χ4n) is 1.94. The molecule has 0 spiro atoms. The lowest BCUT2D eigenvalue weighted by Gasteiger charge is -2.17. The molecule has 0 nitrogen and oxygen atoms in total. The summed E-state index contributed by atoms with van der Waals surface area (Å²) < 4.78 is 53.4. The van der Waals surface area contributed by atoms with Crippen LogP contribution in [0.5, 0.6) is 0 Å². The van der Waals surface area contributed by atoms with Gasteiger partial charge in [0.05, 0.1) is 20.7 Å². The van der Waals surface area contributed by atoms with Crippen molar-refractivity contribution in [1.29, 1.82) is 0 Å². The second kappa shape index (κ2) is 4.86. The summed E-state index contributed by atoms with van der Waals surface area (Å²) in [5.41, 5.74) is 0. The van der Waals surface area contributed by atoms with Crippen molar-refractivity contribution in [3.8, 4) is 0 Å². The lowest BCUT2D eigenvalue weighted by molar-refractivity contribution is 0.499. The Balaban J connectivity index is 2.24. The average molecular weight is 315 g/mol. The van der Waals surface area contributed by atoms with Crippen LogP contribution in [0, 0.1) is 23.3 Å². The predicted molar refractivity (Wildman–Crippen MR) is 70.9 cm³/mol. The Morgan fingerprint density at radius 3 is 1.60 bits per heavy atom. The Kier molecular flexibility index (Phi) is 3.30. The Hall–Kier alpha value is -1.40. The first-order valence-corrected chi connectivity index (χ1v) is 7.63. The first kappa shape index (κ1) is 13.6. The van der Waals surface area contributed by atoms with Crippen molar-refractivity contribution in [2.24, 2.45) is 0 Å². The molecule has 3 rings (SSSR count). The fraction of sp³-hybridized carbons (Fsp3) is 0. The first-order valence-electron chi connectivity index (χ1n) is 5.53. The van der Waals surface area contributed by atoms with E-state index >= 15 is 0 Å². The molecule has 2 aromatic rings. The van der Waals surface area contributed by atoms with Crippen molar-refractivity contribution in [1.82, 2.24) is 0 Å². The summed E-state index contributed by atoms with van der Waals surface area (Å²) >= 11 is 1.09. The van der Waals surface area contributed by atoms with Crippen LogP contribution in [0.3, 0.4) is 0 Å². The topological polar surface area (TPSA) is 0 Å². The maximum Gasteiger partial charge on any atom is 0.182 e. The monoisotopic (exact) mass is 315 g/mol. The molecule has 2 aromatic carbocycles. The largest absolute Gasteiger partial charge is 0.204 e. The van der Waals surface area contributed by atoms with Gasteiger partial charge in [-0.1, -0.05) is 18.3 Å². The number of benzene rings is 2. The summed E-state index contributed by atoms with van der Waals surface area (Å²) in [6.45, 7) is 3.66. The third kappa shape index (κ3) is 2.03. The number of hydrogen-bond acceptors (Lipinski definition) is 1. The van der Waals surface area contributed by atoms with E-state index in [1.807, 2.05) is 0 Å². The quantitative estimate of drug-likeness (QED) is 0.533. The van der Waals surface area contributed by atoms with Crippen molar-refractivity contribution < 1.29 is 17.6 Å². The zero-order valence-electron chi connectivity index (χ0n) is 9.92. The molecule has 0 radical (unpaired) electrons. The zero-order chi connectivity index (χ0) is 14.4. The summed E-state index contributed by atoms with van der Waals surface area (Å²) in [5, 5.41) is 1.53. The van der Waals surface area contributed by atoms with E-state index in [0.29, 0.717) is 19.6 Å². The van der Waals surface area contributed by atoms with Crippen LogP contribution in [0.2, 0.25) is 0 Å². The van der Waals surface area contributed by atoms with Gasteiger partial charge in [0.1, 0.15) is 5.41 Å². The van der Waals surface area contributed by atoms with Crippen molar-refractivity contribution in [2.45, 2.75) is 19.6 Å². The van der Waals surface area contributed by atoms with Crippen LogP contribution in [0.4, 0.5) is 17.6 Å². The second-order valence-corrected chi connectivity index (χ2v) is 7.00. The molecule has 0 fully saturated rings. The highest BCUT2D eigenvalue weighted by molar-refractivity contribution is 8.05. The molecule has 0 atom stereocenters. The van der Waals surface area contributed by atoms with Gasteiger partial charge in [-0.3, -0.25) is 0 Å². The van der Waals surface area contributed by atoms with Crippen molar-refractivity contribution in [3.63, 3.8) is 0 Å². The highest BCUT2D eigenvalue weighted by Gasteiger charge is 2.36. The Morgan fingerprint density at radius 1 is 0.800 bits per heavy atom. The molecule has 0 unspecified atom stereocenters. The van der Waals surface area contributed by atoms with Crippen LogP contribution in [-0.2, 0) is 10.9 Å². The molecule has 0 saturated heterocycles. The summed E-state index contributed by atoms with van der Waals surface area (Å²) in [7, 11) is -0.809. The van der Waals surface area contributed by atoms with E-state index in [0.717, 1.165) is 36.0 Å². The molecule has 6 heteroatoms. The highest BCUT2D eigenvalue weighted by Crippen LogP contribution is 2.47. The van der Waals surface area contributed by atoms with Crippen molar-refractivity contribution in [3.05, 3.63) is 59.5 Å². The molecular formula is C14H7F4S2+. The van der Waals surface area contributed by atoms with E-state index < -0.39 is 34.2 Å². The minimum atomic E-state index is -0.963. The van der Waals surface area contributed by atoms with Gasteiger partial charge < -0.3 is 0 Å². The zero-order valence-corrected chi connectivity index (χ0v) is 11.6. The maximum atomic E-state index is 13.4. The molecule has 0 aromatic heterocycles. The van der Waals surface area contributed by atoms with Crippen molar-refractivity contribution >= 4 is 22.7 Å². The van der Waals surface area contributed by atoms with Gasteiger partial charge in [0.15, 0.2) is 33.1 Å². The third-order valence-corrected chi connectivity index (χ3v) is 6.16. The SMILES string of the molecule is C=C[S+]1c2cc(F)c(F)cc2Sc2cc(F)c(F)cc21. The molecule has 0 amide bonds. The molecule has 1 aliphatic heterocycles. The summed E-state index contributed by atoms with van der Waals surface area (Å²) in [6.07, 6.45) is 0. The van der Waals surface area contributed by atoms with Gasteiger partial charge in [0.25, 0.3) is 0 Å². The van der Waals surface area contributed by atoms with Crippen LogP contribution < -0.4 is 0 Å². The summed E-state index contributed by atoms with van der Waals surface area (Å²) in [5.74, 6) is -3.85. The summed E-state index contributed by atoms with van der Waals surface area (Å²) in [4.78, 5) is 2.04. The van der Waals surface area contributed by atoms with Gasteiger partial charge in [0, 0.05) is 12.1 Å². The van der Waals surface area contributed by atoms with Crippen LogP contribution >= 0.6 is 11.8 Å². The maximum absolute atomic E-state index is 13.4. The smallest absolute Gasteiger partial charge is 0.182 e. The molecule has 0 N–H and O–H groups in total. The lowest BCUT2D eigenvalue weighted by Crippen LogP contribution is -2.10. The molecule has 0 bridgehead atoms. The Bertz CT molecular complexity index is 670. The van der Waals surface area contributed by atoms with Gasteiger partial charge >= 0.3 is 0 Å². The predicted octanol–water partition coefficient (Wildman–Crippen LogP) is 4.89. The first-order chi connectivity index (χ1) is 9.51. The minimum Gasteiger partial charge on any atom is -0.204 e. The van der Waals surface area contributed by atoms with E-state index in [2.05, 4.69) is 6.58 Å². The van der Waals surface area contributed by atoms with Gasteiger partial charge in [0.2, 0.25) is 0 Å². The molecule has 1 heterocycles. The van der Waals surface area contributed by atoms with Crippen LogP contribution in [0.1, 0.15) is 0 Å². The van der Waals surface area contributed by atoms with E-state index in [4.69, 9.17) is 0 Å². The van der Waals surface area contributed by atoms with Gasteiger partial charge in [-0.05, 0) is 12.1 Å². The van der Waals surface area contributed by atoms with Crippen LogP contribution in [-0.4, -0.2) is 0 Å². The molecule has 20 heavy (non-hydrogen) atoms.